The fraction of sp³-hybridized carbons (Fsp3) is 0.483. The topological polar surface area (TPSA) is 68.7 Å². The summed E-state index contributed by atoms with van der Waals surface area (Å²) < 4.78 is 5.69. The fourth-order valence-corrected chi connectivity index (χ4v) is 6.42. The number of piperidine rings is 2. The van der Waals surface area contributed by atoms with Crippen LogP contribution in [0.15, 0.2) is 53.6 Å². The molecule has 0 N–H and O–H groups in total. The molecule has 3 fully saturated rings. The van der Waals surface area contributed by atoms with Crippen molar-refractivity contribution in [3.05, 3.63) is 54.1 Å². The molecule has 37 heavy (non-hydrogen) atoms. The molecule has 8 heteroatoms. The minimum Gasteiger partial charge on any atom is -0.379 e. The van der Waals surface area contributed by atoms with Gasteiger partial charge in [0.25, 0.3) is 5.91 Å². The highest BCUT2D eigenvalue weighted by atomic mass is 16.5. The minimum absolute atomic E-state index is 0.000831. The average Bonchev–Trinajstić information content (AvgIpc) is 3.24. The summed E-state index contributed by atoms with van der Waals surface area (Å²) in [6.45, 7) is 8.06. The molecule has 0 saturated carbocycles. The number of aryl methyl sites for hydroxylation is 1. The number of morpholine rings is 1. The Morgan fingerprint density at radius 3 is 2.14 bits per heavy atom. The van der Waals surface area contributed by atoms with E-state index in [9.17, 15) is 9.59 Å². The maximum Gasteiger partial charge on any atom is 0.270 e. The molecule has 4 aliphatic heterocycles. The highest BCUT2D eigenvalue weighted by Gasteiger charge is 2.63. The maximum absolute atomic E-state index is 14.7. The van der Waals surface area contributed by atoms with Gasteiger partial charge in [0, 0.05) is 55.6 Å². The van der Waals surface area contributed by atoms with Crippen LogP contribution < -0.4 is 14.8 Å². The van der Waals surface area contributed by atoms with Crippen LogP contribution in [0.25, 0.3) is 0 Å². The van der Waals surface area contributed by atoms with Crippen molar-refractivity contribution in [3.8, 4) is 0 Å². The van der Waals surface area contributed by atoms with Crippen LogP contribution in [0.4, 0.5) is 17.1 Å². The second kappa shape index (κ2) is 9.58. The zero-order valence-corrected chi connectivity index (χ0v) is 21.7. The number of rotatable bonds is 4. The van der Waals surface area contributed by atoms with Crippen molar-refractivity contribution in [2.75, 3.05) is 54.2 Å². The molecule has 4 aliphatic rings. The molecular formula is C29H35N5O3. The largest absolute Gasteiger partial charge is 0.379 e. The molecule has 6 rings (SSSR count). The van der Waals surface area contributed by atoms with E-state index < -0.39 is 5.66 Å². The summed E-state index contributed by atoms with van der Waals surface area (Å²) in [5.74, 6) is 0.226. The first kappa shape index (κ1) is 24.1. The number of carbonyl (C=O) groups excluding carboxylic acids is 2. The third-order valence-corrected chi connectivity index (χ3v) is 8.34. The number of benzene rings is 2. The van der Waals surface area contributed by atoms with Gasteiger partial charge in [-0.2, -0.15) is 5.10 Å². The zero-order chi connectivity index (χ0) is 25.6. The number of nitrogens with zero attached hydrogens (tertiary/aromatic N) is 5. The van der Waals surface area contributed by atoms with Gasteiger partial charge in [0.05, 0.1) is 18.9 Å². The molecule has 0 bridgehead atoms. The molecule has 8 nitrogen and oxygen atoms in total. The smallest absolute Gasteiger partial charge is 0.270 e. The average molecular weight is 502 g/mol. The van der Waals surface area contributed by atoms with Crippen molar-refractivity contribution < 1.29 is 14.3 Å². The van der Waals surface area contributed by atoms with Gasteiger partial charge in [0.15, 0.2) is 0 Å². The van der Waals surface area contributed by atoms with E-state index in [4.69, 9.17) is 9.84 Å². The van der Waals surface area contributed by atoms with Crippen molar-refractivity contribution in [3.63, 3.8) is 0 Å². The predicted octanol–water partition coefficient (Wildman–Crippen LogP) is 3.79. The summed E-state index contributed by atoms with van der Waals surface area (Å²) in [7, 11) is 0. The molecule has 3 saturated heterocycles. The number of carbonyl (C=O) groups is 2. The van der Waals surface area contributed by atoms with Crippen LogP contribution in [0.3, 0.4) is 0 Å². The van der Waals surface area contributed by atoms with Gasteiger partial charge in [-0.15, -0.1) is 0 Å². The van der Waals surface area contributed by atoms with Crippen molar-refractivity contribution in [2.45, 2.75) is 45.2 Å². The number of fused-ring (bicyclic) bond motifs is 1. The quantitative estimate of drug-likeness (QED) is 0.638. The summed E-state index contributed by atoms with van der Waals surface area (Å²) in [5, 5.41) is 7.00. The normalized spacial score (nSPS) is 26.9. The zero-order valence-electron chi connectivity index (χ0n) is 21.7. The molecule has 4 heterocycles. The SMILES string of the molecule is CC1=NN(c2ccc(C)cc2)C2(N3CCOCC3)C(=O)N(c3ccc(N4CCCCC4=O)cc3)CCC12. The van der Waals surface area contributed by atoms with Gasteiger partial charge in [-0.05, 0) is 69.5 Å². The third kappa shape index (κ3) is 3.94. The van der Waals surface area contributed by atoms with E-state index in [2.05, 4.69) is 43.0 Å². The highest BCUT2D eigenvalue weighted by Crippen LogP contribution is 2.46. The Kier molecular flexibility index (Phi) is 6.24. The molecule has 2 unspecified atom stereocenters. The summed E-state index contributed by atoms with van der Waals surface area (Å²) in [6.07, 6.45) is 3.41. The summed E-state index contributed by atoms with van der Waals surface area (Å²) in [5.41, 5.74) is 3.93. The van der Waals surface area contributed by atoms with E-state index in [1.54, 1.807) is 0 Å². The number of hydrazone groups is 1. The second-order valence-corrected chi connectivity index (χ2v) is 10.5. The van der Waals surface area contributed by atoms with E-state index in [-0.39, 0.29) is 17.7 Å². The van der Waals surface area contributed by atoms with Gasteiger partial charge in [0.1, 0.15) is 0 Å². The Balaban J connectivity index is 1.38. The molecule has 2 aromatic rings. The molecular weight excluding hydrogens is 466 g/mol. The molecule has 0 spiro atoms. The summed E-state index contributed by atoms with van der Waals surface area (Å²) in [6, 6.07) is 16.2. The van der Waals surface area contributed by atoms with Crippen LogP contribution in [0.2, 0.25) is 0 Å². The summed E-state index contributed by atoms with van der Waals surface area (Å²) >= 11 is 0. The van der Waals surface area contributed by atoms with E-state index in [0.29, 0.717) is 39.3 Å². The van der Waals surface area contributed by atoms with E-state index in [0.717, 1.165) is 48.6 Å². The predicted molar refractivity (Wildman–Crippen MR) is 145 cm³/mol. The van der Waals surface area contributed by atoms with Crippen LogP contribution in [0.1, 0.15) is 38.2 Å². The molecule has 0 aliphatic carbocycles. The maximum atomic E-state index is 14.7. The third-order valence-electron chi connectivity index (χ3n) is 8.34. The Morgan fingerprint density at radius 2 is 1.46 bits per heavy atom. The summed E-state index contributed by atoms with van der Waals surface area (Å²) in [4.78, 5) is 33.2. The molecule has 2 atom stereocenters. The minimum atomic E-state index is -0.928. The lowest BCUT2D eigenvalue weighted by molar-refractivity contribution is -0.139. The van der Waals surface area contributed by atoms with Crippen molar-refractivity contribution in [1.29, 1.82) is 0 Å². The molecule has 0 radical (unpaired) electrons. The number of amides is 2. The van der Waals surface area contributed by atoms with Crippen LogP contribution in [0.5, 0.6) is 0 Å². The Hall–Kier alpha value is -3.23. The second-order valence-electron chi connectivity index (χ2n) is 10.5. The van der Waals surface area contributed by atoms with Crippen molar-refractivity contribution >= 4 is 34.6 Å². The van der Waals surface area contributed by atoms with Crippen LogP contribution >= 0.6 is 0 Å². The Bertz CT molecular complexity index is 1210. The first-order chi connectivity index (χ1) is 18.0. The molecule has 0 aromatic heterocycles. The van der Waals surface area contributed by atoms with Crippen molar-refractivity contribution in [2.24, 2.45) is 11.0 Å². The van der Waals surface area contributed by atoms with E-state index in [1.807, 2.05) is 39.1 Å². The van der Waals surface area contributed by atoms with Crippen molar-refractivity contribution in [1.82, 2.24) is 4.90 Å². The van der Waals surface area contributed by atoms with Gasteiger partial charge in [-0.3, -0.25) is 14.5 Å². The number of ether oxygens (including phenoxy) is 1. The Morgan fingerprint density at radius 1 is 0.811 bits per heavy atom. The van der Waals surface area contributed by atoms with E-state index in [1.165, 1.54) is 5.56 Å². The molecule has 194 valence electrons. The highest BCUT2D eigenvalue weighted by molar-refractivity contribution is 6.09. The standard InChI is InChI=1S/C29H35N5O3/c1-21-6-8-25(9-7-21)34-29(31-17-19-37-20-18-31)26(22(2)30-34)14-16-33(28(29)36)24-12-10-23(11-13-24)32-15-4-3-5-27(32)35/h6-13,26H,3-5,14-20H2,1-2H3. The monoisotopic (exact) mass is 501 g/mol. The molecule has 2 aromatic carbocycles. The lowest BCUT2D eigenvalue weighted by atomic mass is 9.80. The lowest BCUT2D eigenvalue weighted by Crippen LogP contribution is -2.74. The van der Waals surface area contributed by atoms with Gasteiger partial charge >= 0.3 is 0 Å². The van der Waals surface area contributed by atoms with Gasteiger partial charge in [-0.25, -0.2) is 5.01 Å². The van der Waals surface area contributed by atoms with E-state index >= 15 is 0 Å². The Labute approximate surface area is 218 Å². The van der Waals surface area contributed by atoms with Crippen LogP contribution in [0, 0.1) is 12.8 Å². The molecule has 2 amide bonds. The van der Waals surface area contributed by atoms with Crippen LogP contribution in [-0.4, -0.2) is 67.5 Å². The fourth-order valence-electron chi connectivity index (χ4n) is 6.42. The van der Waals surface area contributed by atoms with Gasteiger partial charge in [-0.1, -0.05) is 17.7 Å². The number of anilines is 3. The number of hydrogen-bond donors (Lipinski definition) is 0. The number of hydrogen-bond acceptors (Lipinski definition) is 6. The van der Waals surface area contributed by atoms with Gasteiger partial charge < -0.3 is 14.5 Å². The lowest BCUT2D eigenvalue weighted by Gasteiger charge is -2.53. The first-order valence-electron chi connectivity index (χ1n) is 13.5. The first-order valence-corrected chi connectivity index (χ1v) is 13.5. The van der Waals surface area contributed by atoms with Crippen LogP contribution in [-0.2, 0) is 14.3 Å². The van der Waals surface area contributed by atoms with Gasteiger partial charge in [0.2, 0.25) is 11.6 Å².